The molecule has 4 nitrogen and oxygen atoms in total. The number of nitrogens with one attached hydrogen (secondary N) is 1. The average molecular weight is 254 g/mol. The van der Waals surface area contributed by atoms with Crippen LogP contribution in [0.3, 0.4) is 0 Å². The second-order valence-electron chi connectivity index (χ2n) is 5.08. The maximum absolute atomic E-state index is 11.8. The fourth-order valence-electron chi connectivity index (χ4n) is 2.29. The number of rotatable bonds is 6. The summed E-state index contributed by atoms with van der Waals surface area (Å²) in [5.74, 6) is 0.420. The van der Waals surface area contributed by atoms with E-state index in [1.165, 1.54) is 0 Å². The highest BCUT2D eigenvalue weighted by atomic mass is 16.2. The zero-order valence-corrected chi connectivity index (χ0v) is 11.7. The standard InChI is InChI=1S/C14H26N2O2/c1-3-5-7-14(18)16-10-8-12(9-11-16)15-13(17)6-4-2/h12H,3-11H2,1-2H3,(H,15,17). The Bertz CT molecular complexity index is 271. The Labute approximate surface area is 110 Å². The summed E-state index contributed by atoms with van der Waals surface area (Å²) in [7, 11) is 0. The van der Waals surface area contributed by atoms with E-state index in [-0.39, 0.29) is 17.9 Å². The summed E-state index contributed by atoms with van der Waals surface area (Å²) >= 11 is 0. The minimum Gasteiger partial charge on any atom is -0.353 e. The van der Waals surface area contributed by atoms with Crippen molar-refractivity contribution in [3.05, 3.63) is 0 Å². The number of piperidine rings is 1. The van der Waals surface area contributed by atoms with Gasteiger partial charge < -0.3 is 10.2 Å². The number of carbonyl (C=O) groups excluding carboxylic acids is 2. The first-order valence-corrected chi connectivity index (χ1v) is 7.24. The van der Waals surface area contributed by atoms with E-state index in [0.717, 1.165) is 45.2 Å². The van der Waals surface area contributed by atoms with Crippen LogP contribution in [0.15, 0.2) is 0 Å². The van der Waals surface area contributed by atoms with E-state index in [2.05, 4.69) is 12.2 Å². The van der Waals surface area contributed by atoms with Gasteiger partial charge in [-0.15, -0.1) is 0 Å². The Morgan fingerprint density at radius 2 is 1.78 bits per heavy atom. The van der Waals surface area contributed by atoms with Crippen molar-refractivity contribution in [2.75, 3.05) is 13.1 Å². The van der Waals surface area contributed by atoms with Crippen LogP contribution in [-0.2, 0) is 9.59 Å². The Morgan fingerprint density at radius 1 is 1.11 bits per heavy atom. The molecule has 0 radical (unpaired) electrons. The van der Waals surface area contributed by atoms with Crippen LogP contribution in [0.25, 0.3) is 0 Å². The van der Waals surface area contributed by atoms with Gasteiger partial charge in [-0.25, -0.2) is 0 Å². The summed E-state index contributed by atoms with van der Waals surface area (Å²) < 4.78 is 0. The van der Waals surface area contributed by atoms with Crippen LogP contribution in [0.2, 0.25) is 0 Å². The zero-order chi connectivity index (χ0) is 13.4. The normalized spacial score (nSPS) is 16.7. The highest BCUT2D eigenvalue weighted by molar-refractivity contribution is 5.77. The molecule has 0 bridgehead atoms. The van der Waals surface area contributed by atoms with Crippen molar-refractivity contribution in [3.63, 3.8) is 0 Å². The molecule has 0 saturated carbocycles. The lowest BCUT2D eigenvalue weighted by molar-refractivity contribution is -0.132. The lowest BCUT2D eigenvalue weighted by Gasteiger charge is -2.32. The Balaban J connectivity index is 2.23. The molecule has 104 valence electrons. The molecule has 0 aromatic heterocycles. The largest absolute Gasteiger partial charge is 0.353 e. The van der Waals surface area contributed by atoms with E-state index >= 15 is 0 Å². The van der Waals surface area contributed by atoms with Crippen LogP contribution in [0.4, 0.5) is 0 Å². The monoisotopic (exact) mass is 254 g/mol. The third-order valence-electron chi connectivity index (χ3n) is 3.43. The zero-order valence-electron chi connectivity index (χ0n) is 11.7. The first kappa shape index (κ1) is 15.0. The van der Waals surface area contributed by atoms with E-state index in [1.807, 2.05) is 11.8 Å². The van der Waals surface area contributed by atoms with Crippen molar-refractivity contribution < 1.29 is 9.59 Å². The van der Waals surface area contributed by atoms with E-state index in [4.69, 9.17) is 0 Å². The molecule has 0 aliphatic carbocycles. The smallest absolute Gasteiger partial charge is 0.222 e. The molecule has 0 aromatic carbocycles. The molecular weight excluding hydrogens is 228 g/mol. The quantitative estimate of drug-likeness (QED) is 0.789. The molecule has 2 amide bonds. The fraction of sp³-hybridized carbons (Fsp3) is 0.857. The predicted molar refractivity (Wildman–Crippen MR) is 72.2 cm³/mol. The van der Waals surface area contributed by atoms with Crippen LogP contribution in [0.1, 0.15) is 58.8 Å². The minimum atomic E-state index is 0.147. The molecule has 1 aliphatic heterocycles. The summed E-state index contributed by atoms with van der Waals surface area (Å²) in [6.45, 7) is 5.69. The van der Waals surface area contributed by atoms with Crippen molar-refractivity contribution in [1.82, 2.24) is 10.2 Å². The number of amides is 2. The Kier molecular flexibility index (Phi) is 6.76. The summed E-state index contributed by atoms with van der Waals surface area (Å²) in [5, 5.41) is 3.05. The van der Waals surface area contributed by atoms with Gasteiger partial charge in [0.05, 0.1) is 0 Å². The second-order valence-corrected chi connectivity index (χ2v) is 5.08. The summed E-state index contributed by atoms with van der Waals surface area (Å²) in [4.78, 5) is 25.2. The molecule has 1 N–H and O–H groups in total. The van der Waals surface area contributed by atoms with Gasteiger partial charge in [-0.3, -0.25) is 9.59 Å². The SMILES string of the molecule is CCCCC(=O)N1CCC(NC(=O)CCC)CC1. The van der Waals surface area contributed by atoms with Crippen LogP contribution >= 0.6 is 0 Å². The highest BCUT2D eigenvalue weighted by Gasteiger charge is 2.22. The molecule has 1 heterocycles. The van der Waals surface area contributed by atoms with E-state index < -0.39 is 0 Å². The number of hydrogen-bond acceptors (Lipinski definition) is 2. The first-order valence-electron chi connectivity index (χ1n) is 7.24. The number of nitrogens with zero attached hydrogens (tertiary/aromatic N) is 1. The van der Waals surface area contributed by atoms with Crippen LogP contribution in [-0.4, -0.2) is 35.8 Å². The lowest BCUT2D eigenvalue weighted by atomic mass is 10.0. The summed E-state index contributed by atoms with van der Waals surface area (Å²) in [5.41, 5.74) is 0. The van der Waals surface area contributed by atoms with E-state index in [1.54, 1.807) is 0 Å². The molecule has 0 spiro atoms. The van der Waals surface area contributed by atoms with Gasteiger partial charge in [0.1, 0.15) is 0 Å². The molecule has 1 saturated heterocycles. The molecule has 1 rings (SSSR count). The van der Waals surface area contributed by atoms with Gasteiger partial charge in [-0.05, 0) is 25.7 Å². The van der Waals surface area contributed by atoms with Crippen LogP contribution < -0.4 is 5.32 Å². The predicted octanol–water partition coefficient (Wildman–Crippen LogP) is 2.08. The van der Waals surface area contributed by atoms with Crippen LogP contribution in [0, 0.1) is 0 Å². The van der Waals surface area contributed by atoms with Gasteiger partial charge in [0.15, 0.2) is 0 Å². The molecule has 18 heavy (non-hydrogen) atoms. The molecule has 1 aliphatic rings. The molecule has 0 aromatic rings. The van der Waals surface area contributed by atoms with Crippen LogP contribution in [0.5, 0.6) is 0 Å². The molecule has 4 heteroatoms. The Morgan fingerprint density at radius 3 is 2.33 bits per heavy atom. The van der Waals surface area contributed by atoms with Gasteiger partial charge in [0.25, 0.3) is 0 Å². The van der Waals surface area contributed by atoms with Gasteiger partial charge in [-0.1, -0.05) is 20.3 Å². The van der Waals surface area contributed by atoms with E-state index in [9.17, 15) is 9.59 Å². The first-order chi connectivity index (χ1) is 8.67. The van der Waals surface area contributed by atoms with Gasteiger partial charge in [0.2, 0.25) is 11.8 Å². The average Bonchev–Trinajstić information content (AvgIpc) is 2.37. The summed E-state index contributed by atoms with van der Waals surface area (Å²) in [6, 6.07) is 0.263. The Hall–Kier alpha value is -1.06. The third-order valence-corrected chi connectivity index (χ3v) is 3.43. The topological polar surface area (TPSA) is 49.4 Å². The third kappa shape index (κ3) is 5.07. The molecular formula is C14H26N2O2. The fourth-order valence-corrected chi connectivity index (χ4v) is 2.29. The van der Waals surface area contributed by atoms with Crippen molar-refractivity contribution in [3.8, 4) is 0 Å². The van der Waals surface area contributed by atoms with Crippen molar-refractivity contribution in [2.45, 2.75) is 64.8 Å². The van der Waals surface area contributed by atoms with Crippen molar-refractivity contribution >= 4 is 11.8 Å². The molecule has 0 atom stereocenters. The highest BCUT2D eigenvalue weighted by Crippen LogP contribution is 2.12. The van der Waals surface area contributed by atoms with Gasteiger partial charge in [0, 0.05) is 32.0 Å². The maximum Gasteiger partial charge on any atom is 0.222 e. The minimum absolute atomic E-state index is 0.147. The molecule has 0 unspecified atom stereocenters. The van der Waals surface area contributed by atoms with Crippen molar-refractivity contribution in [1.29, 1.82) is 0 Å². The van der Waals surface area contributed by atoms with Crippen molar-refractivity contribution in [2.24, 2.45) is 0 Å². The van der Waals surface area contributed by atoms with Gasteiger partial charge >= 0.3 is 0 Å². The molecule has 1 fully saturated rings. The number of hydrogen-bond donors (Lipinski definition) is 1. The summed E-state index contributed by atoms with van der Waals surface area (Å²) in [6.07, 6.45) is 6.00. The number of unbranched alkanes of at least 4 members (excludes halogenated alkanes) is 1. The van der Waals surface area contributed by atoms with E-state index in [0.29, 0.717) is 12.8 Å². The van der Waals surface area contributed by atoms with Gasteiger partial charge in [-0.2, -0.15) is 0 Å². The maximum atomic E-state index is 11.8. The second kappa shape index (κ2) is 8.11. The number of carbonyl (C=O) groups is 2. The number of likely N-dealkylation sites (tertiary alicyclic amines) is 1. The lowest BCUT2D eigenvalue weighted by Crippen LogP contribution is -2.46.